The van der Waals surface area contributed by atoms with Crippen LogP contribution >= 0.6 is 0 Å². The molecule has 0 aliphatic heterocycles. The molecule has 1 rings (SSSR count). The fourth-order valence-corrected chi connectivity index (χ4v) is 1.54. The highest BCUT2D eigenvalue weighted by Gasteiger charge is 2.02. The molecule has 0 fully saturated rings. The lowest BCUT2D eigenvalue weighted by atomic mass is 9.99. The Labute approximate surface area is 80.5 Å². The first-order valence-electron chi connectivity index (χ1n) is 4.62. The lowest BCUT2D eigenvalue weighted by molar-refractivity contribution is 0.802. The van der Waals surface area contributed by atoms with Gasteiger partial charge in [-0.3, -0.25) is 0 Å². The smallest absolute Gasteiger partial charge is 0.0207 e. The molecule has 0 atom stereocenters. The molecule has 0 unspecified atom stereocenters. The predicted octanol–water partition coefficient (Wildman–Crippen LogP) is 2.44. The van der Waals surface area contributed by atoms with E-state index in [4.69, 9.17) is 0 Å². The number of hydrogen-bond acceptors (Lipinski definition) is 1. The molecule has 0 amide bonds. The monoisotopic (exact) mass is 175 g/mol. The largest absolute Gasteiger partial charge is 0.316 e. The first-order chi connectivity index (χ1) is 6.29. The molecule has 70 valence electrons. The SMILES string of the molecule is C=CCc1cccc(C)c1CNC. The molecule has 1 heteroatoms. The van der Waals surface area contributed by atoms with E-state index in [2.05, 4.69) is 37.0 Å². The zero-order chi connectivity index (χ0) is 9.68. The first kappa shape index (κ1) is 10.0. The Balaban J connectivity index is 3.01. The molecule has 0 radical (unpaired) electrons. The van der Waals surface area contributed by atoms with Gasteiger partial charge in [0, 0.05) is 6.54 Å². The van der Waals surface area contributed by atoms with E-state index in [1.165, 1.54) is 16.7 Å². The lowest BCUT2D eigenvalue weighted by Crippen LogP contribution is -2.09. The molecule has 0 heterocycles. The van der Waals surface area contributed by atoms with Gasteiger partial charge in [-0.15, -0.1) is 6.58 Å². The number of hydrogen-bond donors (Lipinski definition) is 1. The topological polar surface area (TPSA) is 12.0 Å². The molecule has 0 saturated carbocycles. The van der Waals surface area contributed by atoms with Crippen molar-refractivity contribution in [2.24, 2.45) is 0 Å². The van der Waals surface area contributed by atoms with Gasteiger partial charge in [0.2, 0.25) is 0 Å². The second kappa shape index (κ2) is 4.83. The maximum absolute atomic E-state index is 3.77. The predicted molar refractivity (Wildman–Crippen MR) is 57.8 cm³/mol. The van der Waals surface area contributed by atoms with Crippen molar-refractivity contribution in [1.29, 1.82) is 0 Å². The van der Waals surface area contributed by atoms with Crippen LogP contribution in [0, 0.1) is 6.92 Å². The summed E-state index contributed by atoms with van der Waals surface area (Å²) < 4.78 is 0. The van der Waals surface area contributed by atoms with Crippen LogP contribution in [0.3, 0.4) is 0 Å². The van der Waals surface area contributed by atoms with E-state index in [0.29, 0.717) is 0 Å². The van der Waals surface area contributed by atoms with E-state index < -0.39 is 0 Å². The van der Waals surface area contributed by atoms with Gasteiger partial charge in [0.1, 0.15) is 0 Å². The molecule has 0 spiro atoms. The van der Waals surface area contributed by atoms with Crippen molar-refractivity contribution in [3.8, 4) is 0 Å². The van der Waals surface area contributed by atoms with E-state index in [9.17, 15) is 0 Å². The van der Waals surface area contributed by atoms with E-state index in [-0.39, 0.29) is 0 Å². The molecular formula is C12H17N. The van der Waals surface area contributed by atoms with Gasteiger partial charge in [0.25, 0.3) is 0 Å². The summed E-state index contributed by atoms with van der Waals surface area (Å²) in [7, 11) is 1.98. The van der Waals surface area contributed by atoms with E-state index in [0.717, 1.165) is 13.0 Å². The molecule has 0 aromatic heterocycles. The average Bonchev–Trinajstić information content (AvgIpc) is 2.11. The van der Waals surface area contributed by atoms with Crippen LogP contribution in [0.5, 0.6) is 0 Å². The van der Waals surface area contributed by atoms with Gasteiger partial charge in [0.05, 0.1) is 0 Å². The highest BCUT2D eigenvalue weighted by atomic mass is 14.8. The highest BCUT2D eigenvalue weighted by molar-refractivity contribution is 5.35. The molecular weight excluding hydrogens is 158 g/mol. The first-order valence-corrected chi connectivity index (χ1v) is 4.62. The Hall–Kier alpha value is -1.08. The van der Waals surface area contributed by atoms with Crippen LogP contribution in [0.15, 0.2) is 30.9 Å². The van der Waals surface area contributed by atoms with Crippen molar-refractivity contribution in [1.82, 2.24) is 5.32 Å². The molecule has 13 heavy (non-hydrogen) atoms. The molecule has 0 bridgehead atoms. The number of benzene rings is 1. The van der Waals surface area contributed by atoms with Crippen LogP contribution in [0.2, 0.25) is 0 Å². The summed E-state index contributed by atoms with van der Waals surface area (Å²) in [5.74, 6) is 0. The van der Waals surface area contributed by atoms with Crippen molar-refractivity contribution in [2.45, 2.75) is 19.9 Å². The minimum absolute atomic E-state index is 0.940. The van der Waals surface area contributed by atoms with Crippen molar-refractivity contribution in [3.63, 3.8) is 0 Å². The summed E-state index contributed by atoms with van der Waals surface area (Å²) >= 11 is 0. The fraction of sp³-hybridized carbons (Fsp3) is 0.333. The second-order valence-corrected chi connectivity index (χ2v) is 3.24. The standard InChI is InChI=1S/C12H17N/c1-4-6-11-8-5-7-10(2)12(11)9-13-3/h4-5,7-8,13H,1,6,9H2,2-3H3. The number of nitrogens with one attached hydrogen (secondary N) is 1. The highest BCUT2D eigenvalue weighted by Crippen LogP contribution is 2.14. The van der Waals surface area contributed by atoms with Gasteiger partial charge in [-0.25, -0.2) is 0 Å². The quantitative estimate of drug-likeness (QED) is 0.693. The van der Waals surface area contributed by atoms with Gasteiger partial charge in [0.15, 0.2) is 0 Å². The number of allylic oxidation sites excluding steroid dienone is 1. The minimum atomic E-state index is 0.940. The normalized spacial score (nSPS) is 10.0. The Morgan fingerprint density at radius 2 is 2.23 bits per heavy atom. The van der Waals surface area contributed by atoms with Crippen molar-refractivity contribution in [2.75, 3.05) is 7.05 Å². The zero-order valence-corrected chi connectivity index (χ0v) is 8.43. The Bertz CT molecular complexity index is 289. The second-order valence-electron chi connectivity index (χ2n) is 3.24. The fourth-order valence-electron chi connectivity index (χ4n) is 1.54. The summed E-state index contributed by atoms with van der Waals surface area (Å²) in [6.45, 7) is 6.86. The van der Waals surface area contributed by atoms with Crippen LogP contribution in [0.25, 0.3) is 0 Å². The van der Waals surface area contributed by atoms with E-state index >= 15 is 0 Å². The number of rotatable bonds is 4. The summed E-state index contributed by atoms with van der Waals surface area (Å²) in [6.07, 6.45) is 2.91. The van der Waals surface area contributed by atoms with E-state index in [1.54, 1.807) is 0 Å². The minimum Gasteiger partial charge on any atom is -0.316 e. The Morgan fingerprint density at radius 3 is 2.85 bits per heavy atom. The van der Waals surface area contributed by atoms with Crippen molar-refractivity contribution in [3.05, 3.63) is 47.5 Å². The van der Waals surface area contributed by atoms with Crippen LogP contribution < -0.4 is 5.32 Å². The third kappa shape index (κ3) is 2.43. The molecule has 0 aliphatic carbocycles. The Morgan fingerprint density at radius 1 is 1.46 bits per heavy atom. The average molecular weight is 175 g/mol. The van der Waals surface area contributed by atoms with Gasteiger partial charge in [-0.1, -0.05) is 24.3 Å². The lowest BCUT2D eigenvalue weighted by Gasteiger charge is -2.10. The summed E-state index contributed by atoms with van der Waals surface area (Å²) in [5, 5.41) is 3.19. The summed E-state index contributed by atoms with van der Waals surface area (Å²) in [5.41, 5.74) is 4.14. The zero-order valence-electron chi connectivity index (χ0n) is 8.43. The van der Waals surface area contributed by atoms with Gasteiger partial charge >= 0.3 is 0 Å². The maximum atomic E-state index is 3.77. The third-order valence-corrected chi connectivity index (χ3v) is 2.23. The molecule has 1 aromatic rings. The maximum Gasteiger partial charge on any atom is 0.0207 e. The third-order valence-electron chi connectivity index (χ3n) is 2.23. The van der Waals surface area contributed by atoms with Crippen LogP contribution in [-0.2, 0) is 13.0 Å². The summed E-state index contributed by atoms with van der Waals surface area (Å²) in [6, 6.07) is 6.42. The summed E-state index contributed by atoms with van der Waals surface area (Å²) in [4.78, 5) is 0. The van der Waals surface area contributed by atoms with Gasteiger partial charge in [-0.2, -0.15) is 0 Å². The molecule has 0 aliphatic rings. The molecule has 0 saturated heterocycles. The molecule has 1 N–H and O–H groups in total. The van der Waals surface area contributed by atoms with Crippen LogP contribution in [0.1, 0.15) is 16.7 Å². The molecule has 1 aromatic carbocycles. The van der Waals surface area contributed by atoms with Gasteiger partial charge in [-0.05, 0) is 37.1 Å². The number of aryl methyl sites for hydroxylation is 1. The molecule has 1 nitrogen and oxygen atoms in total. The van der Waals surface area contributed by atoms with Crippen molar-refractivity contribution < 1.29 is 0 Å². The van der Waals surface area contributed by atoms with E-state index in [1.807, 2.05) is 13.1 Å². The van der Waals surface area contributed by atoms with Crippen LogP contribution in [0.4, 0.5) is 0 Å². The van der Waals surface area contributed by atoms with Gasteiger partial charge < -0.3 is 5.32 Å². The van der Waals surface area contributed by atoms with Crippen LogP contribution in [-0.4, -0.2) is 7.05 Å². The Kier molecular flexibility index (Phi) is 3.71. The van der Waals surface area contributed by atoms with Crippen molar-refractivity contribution >= 4 is 0 Å².